The van der Waals surface area contributed by atoms with Crippen LogP contribution in [0.1, 0.15) is 12.8 Å². The van der Waals surface area contributed by atoms with Crippen LogP contribution in [0.15, 0.2) is 24.3 Å². The van der Waals surface area contributed by atoms with Crippen LogP contribution < -0.4 is 5.32 Å². The molecule has 2 rings (SSSR count). The van der Waals surface area contributed by atoms with E-state index in [4.69, 9.17) is 0 Å². The Balaban J connectivity index is 2.09. The van der Waals surface area contributed by atoms with Crippen molar-refractivity contribution in [2.24, 2.45) is 0 Å². The second-order valence-electron chi connectivity index (χ2n) is 4.34. The van der Waals surface area contributed by atoms with E-state index >= 15 is 0 Å². The van der Waals surface area contributed by atoms with Gasteiger partial charge >= 0.3 is 0 Å². The van der Waals surface area contributed by atoms with Crippen LogP contribution in [0.3, 0.4) is 0 Å². The molecule has 1 heterocycles. The Bertz CT molecular complexity index is 542. The van der Waals surface area contributed by atoms with E-state index in [0.29, 0.717) is 18.5 Å². The Morgan fingerprint density at radius 3 is 2.44 bits per heavy atom. The molecule has 0 unspecified atom stereocenters. The fourth-order valence-corrected chi connectivity index (χ4v) is 3.50. The Morgan fingerprint density at radius 2 is 1.83 bits per heavy atom. The Kier molecular flexibility index (Phi) is 3.51. The van der Waals surface area contributed by atoms with Crippen molar-refractivity contribution in [3.8, 4) is 0 Å². The van der Waals surface area contributed by atoms with Crippen molar-refractivity contribution >= 4 is 21.2 Å². The maximum absolute atomic E-state index is 11.3. The second kappa shape index (κ2) is 4.93. The lowest BCUT2D eigenvalue weighted by molar-refractivity contribution is -0.384. The average Bonchev–Trinajstić information content (AvgIpc) is 2.32. The highest BCUT2D eigenvalue weighted by molar-refractivity contribution is 7.91. The van der Waals surface area contributed by atoms with E-state index in [0.717, 1.165) is 0 Å². The number of para-hydroxylation sites is 2. The summed E-state index contributed by atoms with van der Waals surface area (Å²) >= 11 is 0. The zero-order valence-electron chi connectivity index (χ0n) is 9.70. The lowest BCUT2D eigenvalue weighted by Gasteiger charge is -2.23. The van der Waals surface area contributed by atoms with Crippen LogP contribution in [0.5, 0.6) is 0 Å². The van der Waals surface area contributed by atoms with E-state index in [2.05, 4.69) is 5.32 Å². The molecule has 0 spiro atoms. The number of hydrogen-bond acceptors (Lipinski definition) is 5. The van der Waals surface area contributed by atoms with Gasteiger partial charge in [-0.05, 0) is 18.9 Å². The first-order chi connectivity index (χ1) is 8.48. The van der Waals surface area contributed by atoms with E-state index < -0.39 is 14.8 Å². The van der Waals surface area contributed by atoms with Crippen molar-refractivity contribution in [1.29, 1.82) is 0 Å². The number of nitro groups is 1. The summed E-state index contributed by atoms with van der Waals surface area (Å²) in [7, 11) is -2.91. The molecule has 18 heavy (non-hydrogen) atoms. The van der Waals surface area contributed by atoms with Gasteiger partial charge in [-0.25, -0.2) is 8.42 Å². The molecule has 0 radical (unpaired) electrons. The molecule has 0 amide bonds. The third kappa shape index (κ3) is 2.98. The highest BCUT2D eigenvalue weighted by Gasteiger charge is 2.25. The molecule has 1 fully saturated rings. The average molecular weight is 270 g/mol. The number of benzene rings is 1. The second-order valence-corrected chi connectivity index (χ2v) is 6.65. The lowest BCUT2D eigenvalue weighted by Crippen LogP contribution is -2.32. The summed E-state index contributed by atoms with van der Waals surface area (Å²) in [5.41, 5.74) is 0.470. The molecule has 6 nitrogen and oxygen atoms in total. The minimum absolute atomic E-state index is 0.0189. The summed E-state index contributed by atoms with van der Waals surface area (Å²) in [6.07, 6.45) is 0.989. The highest BCUT2D eigenvalue weighted by atomic mass is 32.2. The number of nitro benzene ring substituents is 1. The first-order valence-electron chi connectivity index (χ1n) is 5.68. The van der Waals surface area contributed by atoms with Crippen LogP contribution in [0.25, 0.3) is 0 Å². The van der Waals surface area contributed by atoms with Crippen LogP contribution >= 0.6 is 0 Å². The van der Waals surface area contributed by atoms with E-state index in [9.17, 15) is 18.5 Å². The van der Waals surface area contributed by atoms with Crippen molar-refractivity contribution in [2.45, 2.75) is 18.9 Å². The van der Waals surface area contributed by atoms with Gasteiger partial charge in [-0.2, -0.15) is 0 Å². The van der Waals surface area contributed by atoms with Gasteiger partial charge in [-0.15, -0.1) is 0 Å². The van der Waals surface area contributed by atoms with Gasteiger partial charge in [-0.3, -0.25) is 10.1 Å². The van der Waals surface area contributed by atoms with Gasteiger partial charge in [-0.1, -0.05) is 12.1 Å². The number of rotatable bonds is 3. The first-order valence-corrected chi connectivity index (χ1v) is 7.50. The molecule has 0 aromatic heterocycles. The van der Waals surface area contributed by atoms with E-state index in [1.807, 2.05) is 0 Å². The maximum Gasteiger partial charge on any atom is 0.292 e. The Hall–Kier alpha value is -1.63. The zero-order chi connectivity index (χ0) is 13.2. The summed E-state index contributed by atoms with van der Waals surface area (Å²) in [6, 6.07) is 6.38. The van der Waals surface area contributed by atoms with Crippen LogP contribution in [0.2, 0.25) is 0 Å². The Morgan fingerprint density at radius 1 is 1.22 bits per heavy atom. The molecular formula is C11H14N2O4S. The van der Waals surface area contributed by atoms with Crippen LogP contribution in [0.4, 0.5) is 11.4 Å². The zero-order valence-corrected chi connectivity index (χ0v) is 10.5. The van der Waals surface area contributed by atoms with Crippen LogP contribution in [-0.4, -0.2) is 30.9 Å². The monoisotopic (exact) mass is 270 g/mol. The SMILES string of the molecule is O=[N+]([O-])c1ccccc1NC1CCS(=O)(=O)CC1. The van der Waals surface area contributed by atoms with Gasteiger partial charge in [0.05, 0.1) is 16.4 Å². The number of nitrogens with zero attached hydrogens (tertiary/aromatic N) is 1. The van der Waals surface area contributed by atoms with Gasteiger partial charge in [0.2, 0.25) is 0 Å². The molecule has 0 aliphatic carbocycles. The first kappa shape index (κ1) is 12.8. The summed E-state index contributed by atoms with van der Waals surface area (Å²) in [5.74, 6) is 0.288. The molecule has 1 aromatic carbocycles. The summed E-state index contributed by atoms with van der Waals surface area (Å²) < 4.78 is 22.6. The van der Waals surface area contributed by atoms with Gasteiger partial charge in [0, 0.05) is 12.1 Å². The van der Waals surface area contributed by atoms with Crippen molar-refractivity contribution < 1.29 is 13.3 Å². The minimum atomic E-state index is -2.91. The highest BCUT2D eigenvalue weighted by Crippen LogP contribution is 2.26. The molecule has 1 N–H and O–H groups in total. The van der Waals surface area contributed by atoms with Crippen LogP contribution in [-0.2, 0) is 9.84 Å². The standard InChI is InChI=1S/C11H14N2O4S/c14-13(15)11-4-2-1-3-10(11)12-9-5-7-18(16,17)8-6-9/h1-4,9,12H,5-8H2. The fraction of sp³-hybridized carbons (Fsp3) is 0.455. The van der Waals surface area contributed by atoms with Crippen molar-refractivity contribution in [3.05, 3.63) is 34.4 Å². The van der Waals surface area contributed by atoms with E-state index in [1.54, 1.807) is 18.2 Å². The van der Waals surface area contributed by atoms with Crippen molar-refractivity contribution in [2.75, 3.05) is 16.8 Å². The van der Waals surface area contributed by atoms with Crippen LogP contribution in [0, 0.1) is 10.1 Å². The molecule has 0 atom stereocenters. The third-order valence-electron chi connectivity index (χ3n) is 3.02. The van der Waals surface area contributed by atoms with E-state index in [1.165, 1.54) is 6.07 Å². The molecule has 0 saturated carbocycles. The molecule has 1 aromatic rings. The Labute approximate surface area is 105 Å². The number of anilines is 1. The topological polar surface area (TPSA) is 89.3 Å². The van der Waals surface area contributed by atoms with Gasteiger partial charge in [0.15, 0.2) is 0 Å². The number of sulfone groups is 1. The molecule has 1 aliphatic rings. The van der Waals surface area contributed by atoms with E-state index in [-0.39, 0.29) is 23.2 Å². The summed E-state index contributed by atoms with van der Waals surface area (Å²) in [5, 5.41) is 13.9. The summed E-state index contributed by atoms with van der Waals surface area (Å²) in [4.78, 5) is 10.4. The molecule has 1 saturated heterocycles. The fourth-order valence-electron chi connectivity index (χ4n) is 2.01. The minimum Gasteiger partial charge on any atom is -0.377 e. The quantitative estimate of drug-likeness (QED) is 0.665. The maximum atomic E-state index is 11.3. The number of hydrogen-bond donors (Lipinski definition) is 1. The third-order valence-corrected chi connectivity index (χ3v) is 4.73. The molecule has 0 bridgehead atoms. The van der Waals surface area contributed by atoms with Crippen molar-refractivity contribution in [3.63, 3.8) is 0 Å². The number of nitrogens with one attached hydrogen (secondary N) is 1. The van der Waals surface area contributed by atoms with Gasteiger partial charge in [0.25, 0.3) is 5.69 Å². The largest absolute Gasteiger partial charge is 0.377 e. The van der Waals surface area contributed by atoms with Gasteiger partial charge < -0.3 is 5.32 Å². The lowest BCUT2D eigenvalue weighted by atomic mass is 10.1. The van der Waals surface area contributed by atoms with Gasteiger partial charge in [0.1, 0.15) is 15.5 Å². The summed E-state index contributed by atoms with van der Waals surface area (Å²) in [6.45, 7) is 0. The molecular weight excluding hydrogens is 256 g/mol. The predicted molar refractivity (Wildman–Crippen MR) is 68.4 cm³/mol. The predicted octanol–water partition coefficient (Wildman–Crippen LogP) is 1.58. The van der Waals surface area contributed by atoms with Crippen molar-refractivity contribution in [1.82, 2.24) is 0 Å². The normalized spacial score (nSPS) is 19.3. The molecule has 7 heteroatoms. The smallest absolute Gasteiger partial charge is 0.292 e. The molecule has 98 valence electrons. The molecule has 1 aliphatic heterocycles.